The molecule has 48 valence electrons. The summed E-state index contributed by atoms with van der Waals surface area (Å²) >= 11 is 3.29. The summed E-state index contributed by atoms with van der Waals surface area (Å²) < 4.78 is -0.415. The summed E-state index contributed by atoms with van der Waals surface area (Å²) in [6.45, 7) is 0. The first-order valence-corrected chi connectivity index (χ1v) is 3.56. The zero-order valence-corrected chi connectivity index (χ0v) is 6.47. The molecule has 0 bridgehead atoms. The Kier molecular flexibility index (Phi) is 1.86. The molecule has 0 N–H and O–H groups in total. The van der Waals surface area contributed by atoms with Gasteiger partial charge in [-0.2, -0.15) is 0 Å². The van der Waals surface area contributed by atoms with Crippen LogP contribution < -0.4 is 0 Å². The van der Waals surface area contributed by atoms with Crippen LogP contribution >= 0.6 is 15.9 Å². The molecule has 0 aliphatic heterocycles. The fraction of sp³-hybridized carbons (Fsp3) is 0.286. The minimum Gasteiger partial charge on any atom is -0.301 e. The van der Waals surface area contributed by atoms with Crippen molar-refractivity contribution < 1.29 is 4.79 Å². The Balaban J connectivity index is 2.73. The number of alkyl halides is 1. The normalized spacial score (nSPS) is 32.6. The van der Waals surface area contributed by atoms with Crippen molar-refractivity contribution in [3.05, 3.63) is 24.3 Å². The molecule has 1 unspecified atom stereocenters. The number of carbonyl (C=O) groups excluding carboxylic acids is 1. The van der Waals surface area contributed by atoms with Crippen molar-refractivity contribution in [1.82, 2.24) is 0 Å². The number of halogens is 1. The van der Waals surface area contributed by atoms with Crippen molar-refractivity contribution in [1.29, 1.82) is 0 Å². The molecule has 0 spiro atoms. The van der Waals surface area contributed by atoms with Crippen LogP contribution in [0.1, 0.15) is 6.42 Å². The second-order valence-electron chi connectivity index (χ2n) is 2.04. The van der Waals surface area contributed by atoms with Gasteiger partial charge in [0.15, 0.2) is 0 Å². The van der Waals surface area contributed by atoms with Crippen LogP contribution in [-0.2, 0) is 4.79 Å². The molecular weight excluding hydrogens is 180 g/mol. The number of carbonyl (C=O) groups is 1. The lowest BCUT2D eigenvalue weighted by molar-refractivity contribution is -0.108. The summed E-state index contributed by atoms with van der Waals surface area (Å²) in [4.78, 5) is 10.3. The van der Waals surface area contributed by atoms with Gasteiger partial charge in [-0.15, -0.1) is 0 Å². The van der Waals surface area contributed by atoms with Crippen molar-refractivity contribution in [3.8, 4) is 0 Å². The third-order valence-corrected chi connectivity index (χ3v) is 2.02. The first-order valence-electron chi connectivity index (χ1n) is 2.76. The van der Waals surface area contributed by atoms with Crippen LogP contribution in [0.25, 0.3) is 0 Å². The number of hydrogen-bond acceptors (Lipinski definition) is 1. The molecule has 1 atom stereocenters. The van der Waals surface area contributed by atoms with E-state index in [1.165, 1.54) is 0 Å². The lowest BCUT2D eigenvalue weighted by atomic mass is 10.0. The van der Waals surface area contributed by atoms with Crippen LogP contribution in [0, 0.1) is 0 Å². The van der Waals surface area contributed by atoms with Gasteiger partial charge in [0, 0.05) is 0 Å². The predicted molar refractivity (Wildman–Crippen MR) is 40.6 cm³/mol. The molecular formula is C7H7BrO. The van der Waals surface area contributed by atoms with Crippen molar-refractivity contribution in [2.75, 3.05) is 0 Å². The van der Waals surface area contributed by atoms with Crippen molar-refractivity contribution in [2.45, 2.75) is 10.7 Å². The van der Waals surface area contributed by atoms with E-state index in [1.807, 2.05) is 24.3 Å². The maximum atomic E-state index is 10.3. The molecule has 1 nitrogen and oxygen atoms in total. The number of hydrogen-bond donors (Lipinski definition) is 0. The zero-order chi connectivity index (χ0) is 6.74. The third-order valence-electron chi connectivity index (χ3n) is 1.25. The van der Waals surface area contributed by atoms with Crippen LogP contribution in [-0.4, -0.2) is 10.6 Å². The highest BCUT2D eigenvalue weighted by molar-refractivity contribution is 9.10. The van der Waals surface area contributed by atoms with Gasteiger partial charge in [-0.25, -0.2) is 0 Å². The smallest absolute Gasteiger partial charge is 0.140 e. The fourth-order valence-corrected chi connectivity index (χ4v) is 1.04. The molecule has 0 saturated carbocycles. The summed E-state index contributed by atoms with van der Waals surface area (Å²) in [5.41, 5.74) is 0. The minimum absolute atomic E-state index is 0.415. The average Bonchev–Trinajstić information content (AvgIpc) is 1.90. The van der Waals surface area contributed by atoms with Crippen molar-refractivity contribution in [3.63, 3.8) is 0 Å². The van der Waals surface area contributed by atoms with Gasteiger partial charge in [-0.3, -0.25) is 0 Å². The Hall–Kier alpha value is -0.370. The van der Waals surface area contributed by atoms with Gasteiger partial charge in [0.05, 0.1) is 0 Å². The minimum atomic E-state index is -0.415. The zero-order valence-electron chi connectivity index (χ0n) is 4.88. The number of allylic oxidation sites excluding steroid dienone is 4. The third kappa shape index (κ3) is 1.52. The molecule has 1 rings (SSSR count). The van der Waals surface area contributed by atoms with E-state index in [-0.39, 0.29) is 0 Å². The Bertz CT molecular complexity index is 172. The molecule has 1 aliphatic carbocycles. The van der Waals surface area contributed by atoms with Gasteiger partial charge in [-0.1, -0.05) is 40.2 Å². The van der Waals surface area contributed by atoms with Crippen molar-refractivity contribution in [2.24, 2.45) is 0 Å². The molecule has 0 aromatic heterocycles. The fourth-order valence-electron chi connectivity index (χ4n) is 0.698. The van der Waals surface area contributed by atoms with Crippen LogP contribution in [0.15, 0.2) is 24.3 Å². The van der Waals surface area contributed by atoms with Crippen LogP contribution in [0.3, 0.4) is 0 Å². The molecule has 1 aliphatic rings. The first kappa shape index (κ1) is 6.75. The van der Waals surface area contributed by atoms with Gasteiger partial charge in [-0.05, 0) is 6.42 Å². The van der Waals surface area contributed by atoms with Gasteiger partial charge in [0.25, 0.3) is 0 Å². The highest BCUT2D eigenvalue weighted by Gasteiger charge is 2.21. The average molecular weight is 187 g/mol. The topological polar surface area (TPSA) is 17.1 Å². The molecule has 2 heteroatoms. The Morgan fingerprint density at radius 2 is 2.33 bits per heavy atom. The predicted octanol–water partition coefficient (Wildman–Crippen LogP) is 1.84. The van der Waals surface area contributed by atoms with E-state index in [4.69, 9.17) is 0 Å². The maximum Gasteiger partial charge on any atom is 0.140 e. The second-order valence-corrected chi connectivity index (χ2v) is 3.51. The number of aldehydes is 1. The summed E-state index contributed by atoms with van der Waals surface area (Å²) in [6.07, 6.45) is 9.28. The maximum absolute atomic E-state index is 10.3. The molecule has 9 heavy (non-hydrogen) atoms. The summed E-state index contributed by atoms with van der Waals surface area (Å²) in [7, 11) is 0. The Morgan fingerprint density at radius 1 is 1.56 bits per heavy atom. The standard InChI is InChI=1S/C7H7BrO/c8-7(6-9)4-2-1-3-5-7/h1-4,6H,5H2. The first-order chi connectivity index (χ1) is 4.27. The summed E-state index contributed by atoms with van der Waals surface area (Å²) in [6, 6.07) is 0. The van der Waals surface area contributed by atoms with Crippen LogP contribution in [0.2, 0.25) is 0 Å². The molecule has 0 aromatic carbocycles. The Labute approximate surface area is 62.6 Å². The van der Waals surface area contributed by atoms with E-state index in [1.54, 1.807) is 0 Å². The molecule has 0 aromatic rings. The summed E-state index contributed by atoms with van der Waals surface area (Å²) in [5.74, 6) is 0. The van der Waals surface area contributed by atoms with Crippen LogP contribution in [0.5, 0.6) is 0 Å². The Morgan fingerprint density at radius 3 is 2.67 bits per heavy atom. The summed E-state index contributed by atoms with van der Waals surface area (Å²) in [5, 5.41) is 0. The second kappa shape index (κ2) is 2.48. The SMILES string of the molecule is O=CC1(Br)C=CC=CC1. The van der Waals surface area contributed by atoms with Gasteiger partial charge in [0.2, 0.25) is 0 Å². The van der Waals surface area contributed by atoms with Crippen molar-refractivity contribution >= 4 is 22.2 Å². The van der Waals surface area contributed by atoms with E-state index in [9.17, 15) is 4.79 Å². The molecule has 0 amide bonds. The molecule has 0 radical (unpaired) electrons. The molecule has 0 fully saturated rings. The van der Waals surface area contributed by atoms with Gasteiger partial charge < -0.3 is 4.79 Å². The quantitative estimate of drug-likeness (QED) is 0.452. The molecule has 0 saturated heterocycles. The van der Waals surface area contributed by atoms with E-state index in [2.05, 4.69) is 15.9 Å². The highest BCUT2D eigenvalue weighted by atomic mass is 79.9. The molecule has 0 heterocycles. The lowest BCUT2D eigenvalue weighted by Crippen LogP contribution is -2.19. The highest BCUT2D eigenvalue weighted by Crippen LogP contribution is 2.24. The van der Waals surface area contributed by atoms with E-state index in [0.29, 0.717) is 0 Å². The largest absolute Gasteiger partial charge is 0.301 e. The van der Waals surface area contributed by atoms with E-state index in [0.717, 1.165) is 12.7 Å². The monoisotopic (exact) mass is 186 g/mol. The lowest BCUT2D eigenvalue weighted by Gasteiger charge is -2.15. The number of rotatable bonds is 1. The van der Waals surface area contributed by atoms with Gasteiger partial charge in [0.1, 0.15) is 10.6 Å². The van der Waals surface area contributed by atoms with E-state index >= 15 is 0 Å². The van der Waals surface area contributed by atoms with E-state index < -0.39 is 4.32 Å². The van der Waals surface area contributed by atoms with Gasteiger partial charge >= 0.3 is 0 Å². The van der Waals surface area contributed by atoms with Crippen LogP contribution in [0.4, 0.5) is 0 Å².